The molecule has 0 aliphatic heterocycles. The van der Waals surface area contributed by atoms with Crippen molar-refractivity contribution in [3.8, 4) is 0 Å². The predicted octanol–water partition coefficient (Wildman–Crippen LogP) is 1.59. The Balaban J connectivity index is 2.89. The predicted molar refractivity (Wildman–Crippen MR) is 50.7 cm³/mol. The fourth-order valence-corrected chi connectivity index (χ4v) is 1.16. The van der Waals surface area contributed by atoms with Crippen LogP contribution >= 0.6 is 11.6 Å². The van der Waals surface area contributed by atoms with E-state index in [4.69, 9.17) is 17.3 Å². The summed E-state index contributed by atoms with van der Waals surface area (Å²) in [6.07, 6.45) is -2.16. The molecule has 0 saturated heterocycles. The number of halogens is 1. The zero-order chi connectivity index (χ0) is 10.6. The van der Waals surface area contributed by atoms with Crippen LogP contribution in [0.2, 0.25) is 0 Å². The first-order valence-electron chi connectivity index (χ1n) is 3.81. The van der Waals surface area contributed by atoms with Gasteiger partial charge in [0, 0.05) is 5.56 Å². The Labute approximate surface area is 85.6 Å². The van der Waals surface area contributed by atoms with Crippen molar-refractivity contribution < 1.29 is 14.3 Å². The van der Waals surface area contributed by atoms with Crippen LogP contribution in [0.5, 0.6) is 0 Å². The van der Waals surface area contributed by atoms with Crippen LogP contribution in [0.4, 0.5) is 4.79 Å². The van der Waals surface area contributed by atoms with Gasteiger partial charge in [0.2, 0.25) is 6.10 Å². The first kappa shape index (κ1) is 10.5. The highest BCUT2D eigenvalue weighted by molar-refractivity contribution is 6.64. The van der Waals surface area contributed by atoms with E-state index in [-0.39, 0.29) is 0 Å². The molecule has 1 aromatic rings. The zero-order valence-corrected chi connectivity index (χ0v) is 7.90. The molecule has 1 rings (SSSR count). The van der Waals surface area contributed by atoms with Crippen molar-refractivity contribution in [2.24, 2.45) is 5.73 Å². The van der Waals surface area contributed by atoms with Crippen LogP contribution in [-0.4, -0.2) is 11.3 Å². The van der Waals surface area contributed by atoms with Gasteiger partial charge in [-0.05, 0) is 11.6 Å². The molecule has 74 valence electrons. The molecule has 0 aliphatic carbocycles. The number of ether oxygens (including phenoxy) is 1. The number of benzene rings is 1. The van der Waals surface area contributed by atoms with Gasteiger partial charge in [-0.1, -0.05) is 30.3 Å². The molecule has 0 spiro atoms. The Hall–Kier alpha value is -1.55. The molecule has 0 fully saturated rings. The maximum absolute atomic E-state index is 10.9. The molecule has 0 bridgehead atoms. The molecule has 1 aromatic carbocycles. The van der Waals surface area contributed by atoms with Crippen LogP contribution in [0, 0.1) is 0 Å². The summed E-state index contributed by atoms with van der Waals surface area (Å²) in [6.45, 7) is 0. The van der Waals surface area contributed by atoms with Gasteiger partial charge >= 0.3 is 6.09 Å². The first-order chi connectivity index (χ1) is 6.61. The smallest absolute Gasteiger partial charge is 0.405 e. The average molecular weight is 214 g/mol. The maximum Gasteiger partial charge on any atom is 0.405 e. The van der Waals surface area contributed by atoms with Crippen molar-refractivity contribution >= 4 is 22.9 Å². The first-order valence-corrected chi connectivity index (χ1v) is 4.19. The minimum absolute atomic E-state index is 0.492. The Morgan fingerprint density at radius 1 is 1.29 bits per heavy atom. The van der Waals surface area contributed by atoms with Crippen LogP contribution < -0.4 is 5.73 Å². The summed E-state index contributed by atoms with van der Waals surface area (Å²) in [7, 11) is 0. The number of amides is 1. The number of hydrogen-bond donors (Lipinski definition) is 1. The molecule has 4 nitrogen and oxygen atoms in total. The van der Waals surface area contributed by atoms with Crippen LogP contribution in [-0.2, 0) is 9.53 Å². The number of nitrogens with two attached hydrogens (primary N) is 1. The van der Waals surface area contributed by atoms with E-state index < -0.39 is 17.4 Å². The molecular formula is C9H8ClNO3. The molecule has 0 unspecified atom stereocenters. The fraction of sp³-hybridized carbons (Fsp3) is 0.111. The summed E-state index contributed by atoms with van der Waals surface area (Å²) in [5.41, 5.74) is 5.29. The molecule has 0 heterocycles. The monoisotopic (exact) mass is 213 g/mol. The SMILES string of the molecule is NC(=O)O[C@@H](C(=O)Cl)c1ccccc1. The van der Waals surface area contributed by atoms with Gasteiger partial charge in [0.15, 0.2) is 0 Å². The van der Waals surface area contributed by atoms with Crippen molar-refractivity contribution in [1.29, 1.82) is 0 Å². The zero-order valence-electron chi connectivity index (χ0n) is 7.14. The molecule has 0 saturated carbocycles. The van der Waals surface area contributed by atoms with E-state index in [9.17, 15) is 9.59 Å². The lowest BCUT2D eigenvalue weighted by Gasteiger charge is -2.11. The van der Waals surface area contributed by atoms with E-state index in [0.717, 1.165) is 0 Å². The third-order valence-electron chi connectivity index (χ3n) is 1.54. The highest BCUT2D eigenvalue weighted by Crippen LogP contribution is 2.19. The van der Waals surface area contributed by atoms with E-state index >= 15 is 0 Å². The van der Waals surface area contributed by atoms with E-state index in [2.05, 4.69) is 4.74 Å². The molecule has 5 heteroatoms. The molecule has 0 radical (unpaired) electrons. The fourth-order valence-electron chi connectivity index (χ4n) is 0.989. The number of primary amides is 1. The van der Waals surface area contributed by atoms with E-state index in [1.807, 2.05) is 0 Å². The lowest BCUT2D eigenvalue weighted by Crippen LogP contribution is -2.20. The van der Waals surface area contributed by atoms with Gasteiger partial charge in [0.25, 0.3) is 5.24 Å². The minimum Gasteiger partial charge on any atom is -0.432 e. The quantitative estimate of drug-likeness (QED) is 0.776. The number of rotatable bonds is 3. The molecule has 0 aromatic heterocycles. The van der Waals surface area contributed by atoms with Gasteiger partial charge in [0.05, 0.1) is 0 Å². The summed E-state index contributed by atoms with van der Waals surface area (Å²) in [5.74, 6) is 0. The van der Waals surface area contributed by atoms with Crippen LogP contribution in [0.25, 0.3) is 0 Å². The van der Waals surface area contributed by atoms with E-state index in [1.54, 1.807) is 30.3 Å². The van der Waals surface area contributed by atoms with Gasteiger partial charge in [0.1, 0.15) is 0 Å². The van der Waals surface area contributed by atoms with Crippen molar-refractivity contribution in [3.63, 3.8) is 0 Å². The maximum atomic E-state index is 10.9. The van der Waals surface area contributed by atoms with Gasteiger partial charge in [-0.2, -0.15) is 0 Å². The van der Waals surface area contributed by atoms with Crippen molar-refractivity contribution in [3.05, 3.63) is 35.9 Å². The van der Waals surface area contributed by atoms with Crippen LogP contribution in [0.3, 0.4) is 0 Å². The lowest BCUT2D eigenvalue weighted by molar-refractivity contribution is -0.119. The molecule has 2 N–H and O–H groups in total. The Morgan fingerprint density at radius 3 is 2.29 bits per heavy atom. The van der Waals surface area contributed by atoms with Gasteiger partial charge < -0.3 is 10.5 Å². The second-order valence-corrected chi connectivity index (χ2v) is 2.90. The van der Waals surface area contributed by atoms with Crippen molar-refractivity contribution in [2.75, 3.05) is 0 Å². The van der Waals surface area contributed by atoms with Gasteiger partial charge in [-0.25, -0.2) is 4.79 Å². The van der Waals surface area contributed by atoms with Crippen molar-refractivity contribution in [2.45, 2.75) is 6.10 Å². The van der Waals surface area contributed by atoms with Crippen LogP contribution in [0.1, 0.15) is 11.7 Å². The highest BCUT2D eigenvalue weighted by Gasteiger charge is 2.21. The van der Waals surface area contributed by atoms with Gasteiger partial charge in [-0.3, -0.25) is 4.79 Å². The summed E-state index contributed by atoms with van der Waals surface area (Å²) >= 11 is 5.25. The average Bonchev–Trinajstić information content (AvgIpc) is 2.15. The van der Waals surface area contributed by atoms with E-state index in [1.165, 1.54) is 0 Å². The third-order valence-corrected chi connectivity index (χ3v) is 1.74. The molecule has 1 atom stereocenters. The summed E-state index contributed by atoms with van der Waals surface area (Å²) in [5, 5.41) is -0.782. The number of carbonyl (C=O) groups is 2. The number of hydrogen-bond acceptors (Lipinski definition) is 3. The normalized spacial score (nSPS) is 11.8. The molecule has 1 amide bonds. The minimum atomic E-state index is -1.13. The van der Waals surface area contributed by atoms with Gasteiger partial charge in [-0.15, -0.1) is 0 Å². The molecule has 14 heavy (non-hydrogen) atoms. The third kappa shape index (κ3) is 2.74. The number of carbonyl (C=O) groups excluding carboxylic acids is 2. The standard InChI is InChI=1S/C9H8ClNO3/c10-8(12)7(14-9(11)13)6-4-2-1-3-5-6/h1-5,7H,(H2,11,13)/t7-/m1/s1. The summed E-state index contributed by atoms with van der Waals surface area (Å²) in [6, 6.07) is 8.41. The second-order valence-electron chi connectivity index (χ2n) is 2.53. The molecule has 0 aliphatic rings. The Kier molecular flexibility index (Phi) is 3.48. The largest absolute Gasteiger partial charge is 0.432 e. The summed E-state index contributed by atoms with van der Waals surface area (Å²) < 4.78 is 4.56. The Bertz CT molecular complexity index is 339. The van der Waals surface area contributed by atoms with Crippen molar-refractivity contribution in [1.82, 2.24) is 0 Å². The highest BCUT2D eigenvalue weighted by atomic mass is 35.5. The lowest BCUT2D eigenvalue weighted by atomic mass is 10.1. The topological polar surface area (TPSA) is 69.4 Å². The molecular weight excluding hydrogens is 206 g/mol. The second kappa shape index (κ2) is 4.62. The Morgan fingerprint density at radius 2 is 1.86 bits per heavy atom. The summed E-state index contributed by atoms with van der Waals surface area (Å²) in [4.78, 5) is 21.4. The van der Waals surface area contributed by atoms with Crippen LogP contribution in [0.15, 0.2) is 30.3 Å². The van der Waals surface area contributed by atoms with E-state index in [0.29, 0.717) is 5.56 Å².